The molecule has 0 aliphatic carbocycles. The Morgan fingerprint density at radius 3 is 2.71 bits per heavy atom. The minimum atomic E-state index is -0.334. The molecule has 0 aliphatic heterocycles. The van der Waals surface area contributed by atoms with Crippen molar-refractivity contribution in [1.29, 1.82) is 0 Å². The number of thiophene rings is 1. The van der Waals surface area contributed by atoms with Gasteiger partial charge in [-0.05, 0) is 29.7 Å². The highest BCUT2D eigenvalue weighted by atomic mass is 35.5. The summed E-state index contributed by atoms with van der Waals surface area (Å²) in [7, 11) is 0. The Kier molecular flexibility index (Phi) is 2.87. The summed E-state index contributed by atoms with van der Waals surface area (Å²) in [4.78, 5) is 9.70. The van der Waals surface area contributed by atoms with Crippen molar-refractivity contribution in [2.24, 2.45) is 0 Å². The van der Waals surface area contributed by atoms with E-state index < -0.39 is 0 Å². The van der Waals surface area contributed by atoms with E-state index >= 15 is 0 Å². The zero-order valence-electron chi connectivity index (χ0n) is 10.7. The molecule has 0 saturated heterocycles. The summed E-state index contributed by atoms with van der Waals surface area (Å²) in [5, 5.41) is 2.13. The molecule has 2 heterocycles. The predicted octanol–water partition coefficient (Wildman–Crippen LogP) is 5.30. The summed E-state index contributed by atoms with van der Waals surface area (Å²) < 4.78 is 14.5. The number of hydrogen-bond donors (Lipinski definition) is 0. The lowest BCUT2D eigenvalue weighted by atomic mass is 10.2. The molecular weight excluding hydrogens is 307 g/mol. The highest BCUT2D eigenvalue weighted by Gasteiger charge is 2.11. The number of halogens is 2. The fourth-order valence-corrected chi connectivity index (χ4v) is 3.50. The van der Waals surface area contributed by atoms with E-state index in [1.807, 2.05) is 30.3 Å². The molecule has 4 aromatic rings. The van der Waals surface area contributed by atoms with Crippen molar-refractivity contribution >= 4 is 43.9 Å². The molecule has 0 aliphatic rings. The Balaban J connectivity index is 1.97. The van der Waals surface area contributed by atoms with Gasteiger partial charge in [0.2, 0.25) is 0 Å². The number of aromatic nitrogens is 2. The van der Waals surface area contributed by atoms with Gasteiger partial charge in [0.25, 0.3) is 0 Å². The molecule has 0 bridgehead atoms. The van der Waals surface area contributed by atoms with Gasteiger partial charge < -0.3 is 0 Å². The van der Waals surface area contributed by atoms with Gasteiger partial charge in [0, 0.05) is 16.2 Å². The van der Waals surface area contributed by atoms with Crippen LogP contribution in [0.4, 0.5) is 4.39 Å². The van der Waals surface area contributed by atoms with Gasteiger partial charge in [-0.1, -0.05) is 29.8 Å². The number of nitrogens with zero attached hydrogens (tertiary/aromatic N) is 2. The van der Waals surface area contributed by atoms with Crippen molar-refractivity contribution in [2.45, 2.75) is 0 Å². The Morgan fingerprint density at radius 1 is 1.00 bits per heavy atom. The fraction of sp³-hybridized carbons (Fsp3) is 0. The molecule has 0 unspecified atom stereocenters. The normalized spacial score (nSPS) is 11.3. The molecule has 4 rings (SSSR count). The molecule has 0 spiro atoms. The maximum Gasteiger partial charge on any atom is 0.171 e. The second kappa shape index (κ2) is 4.76. The molecule has 0 amide bonds. The van der Waals surface area contributed by atoms with Crippen LogP contribution in [0.25, 0.3) is 31.7 Å². The first-order chi connectivity index (χ1) is 10.2. The van der Waals surface area contributed by atoms with Crippen molar-refractivity contribution < 1.29 is 4.39 Å². The molecule has 0 fully saturated rings. The van der Waals surface area contributed by atoms with Gasteiger partial charge in [0.1, 0.15) is 11.0 Å². The Bertz CT molecular complexity index is 948. The third-order valence-corrected chi connectivity index (χ3v) is 4.66. The van der Waals surface area contributed by atoms with Gasteiger partial charge in [-0.15, -0.1) is 11.3 Å². The van der Waals surface area contributed by atoms with Gasteiger partial charge >= 0.3 is 0 Å². The van der Waals surface area contributed by atoms with Crippen LogP contribution < -0.4 is 0 Å². The molecule has 2 aromatic heterocycles. The highest BCUT2D eigenvalue weighted by Crippen LogP contribution is 2.33. The molecule has 0 saturated carbocycles. The van der Waals surface area contributed by atoms with Gasteiger partial charge in [0.15, 0.2) is 5.82 Å². The van der Waals surface area contributed by atoms with Gasteiger partial charge in [-0.2, -0.15) is 0 Å². The van der Waals surface area contributed by atoms with E-state index in [1.165, 1.54) is 12.1 Å². The average Bonchev–Trinajstić information content (AvgIpc) is 2.90. The van der Waals surface area contributed by atoms with Crippen LogP contribution >= 0.6 is 22.9 Å². The molecule has 0 atom stereocenters. The zero-order chi connectivity index (χ0) is 14.4. The van der Waals surface area contributed by atoms with E-state index in [4.69, 9.17) is 11.6 Å². The van der Waals surface area contributed by atoms with Crippen molar-refractivity contribution in [3.05, 3.63) is 59.5 Å². The van der Waals surface area contributed by atoms with Crippen LogP contribution in [-0.2, 0) is 0 Å². The molecular formula is C16H8ClFN2S. The van der Waals surface area contributed by atoms with Crippen LogP contribution in [0.5, 0.6) is 0 Å². The van der Waals surface area contributed by atoms with E-state index in [0.717, 1.165) is 15.0 Å². The SMILES string of the molecule is Fc1ccc2c(Cl)nc(-c3cc4ccccc4s3)nc2c1. The Hall–Kier alpha value is -2.04. The number of benzene rings is 2. The Morgan fingerprint density at radius 2 is 1.86 bits per heavy atom. The highest BCUT2D eigenvalue weighted by molar-refractivity contribution is 7.22. The van der Waals surface area contributed by atoms with E-state index in [2.05, 4.69) is 9.97 Å². The molecule has 2 nitrogen and oxygen atoms in total. The van der Waals surface area contributed by atoms with Gasteiger partial charge in [0.05, 0.1) is 10.4 Å². The van der Waals surface area contributed by atoms with Crippen LogP contribution in [0.3, 0.4) is 0 Å². The third-order valence-electron chi connectivity index (χ3n) is 3.26. The van der Waals surface area contributed by atoms with Crippen molar-refractivity contribution in [3.63, 3.8) is 0 Å². The van der Waals surface area contributed by atoms with E-state index in [0.29, 0.717) is 21.9 Å². The smallest absolute Gasteiger partial charge is 0.171 e. The van der Waals surface area contributed by atoms with Crippen molar-refractivity contribution in [3.8, 4) is 10.7 Å². The number of fused-ring (bicyclic) bond motifs is 2. The molecule has 102 valence electrons. The minimum Gasteiger partial charge on any atom is -0.227 e. The molecule has 2 aromatic carbocycles. The van der Waals surface area contributed by atoms with Gasteiger partial charge in [-0.25, -0.2) is 14.4 Å². The quantitative estimate of drug-likeness (QED) is 0.445. The standard InChI is InChI=1S/C16H8ClFN2S/c17-15-11-6-5-10(18)8-12(11)19-16(20-15)14-7-9-3-1-2-4-13(9)21-14/h1-8H. The predicted molar refractivity (Wildman–Crippen MR) is 85.3 cm³/mol. The summed E-state index contributed by atoms with van der Waals surface area (Å²) in [6.07, 6.45) is 0. The average molecular weight is 315 g/mol. The Labute approximate surface area is 128 Å². The summed E-state index contributed by atoms with van der Waals surface area (Å²) in [6.45, 7) is 0. The van der Waals surface area contributed by atoms with Crippen LogP contribution in [0, 0.1) is 5.82 Å². The first-order valence-electron chi connectivity index (χ1n) is 6.32. The lowest BCUT2D eigenvalue weighted by Crippen LogP contribution is -1.90. The van der Waals surface area contributed by atoms with E-state index in [-0.39, 0.29) is 5.82 Å². The monoisotopic (exact) mass is 314 g/mol. The summed E-state index contributed by atoms with van der Waals surface area (Å²) in [6, 6.07) is 14.4. The largest absolute Gasteiger partial charge is 0.227 e. The molecule has 5 heteroatoms. The molecule has 0 radical (unpaired) electrons. The van der Waals surface area contributed by atoms with Crippen molar-refractivity contribution in [1.82, 2.24) is 9.97 Å². The second-order valence-electron chi connectivity index (χ2n) is 4.65. The fourth-order valence-electron chi connectivity index (χ4n) is 2.27. The maximum absolute atomic E-state index is 13.4. The topological polar surface area (TPSA) is 25.8 Å². The first-order valence-corrected chi connectivity index (χ1v) is 7.52. The van der Waals surface area contributed by atoms with E-state index in [1.54, 1.807) is 17.4 Å². The first kappa shape index (κ1) is 12.7. The van der Waals surface area contributed by atoms with Crippen LogP contribution in [0.2, 0.25) is 5.15 Å². The van der Waals surface area contributed by atoms with Crippen LogP contribution in [-0.4, -0.2) is 9.97 Å². The van der Waals surface area contributed by atoms with Gasteiger partial charge in [-0.3, -0.25) is 0 Å². The maximum atomic E-state index is 13.4. The lowest BCUT2D eigenvalue weighted by molar-refractivity contribution is 0.629. The second-order valence-corrected chi connectivity index (χ2v) is 6.09. The number of hydrogen-bond acceptors (Lipinski definition) is 3. The van der Waals surface area contributed by atoms with Crippen LogP contribution in [0.1, 0.15) is 0 Å². The van der Waals surface area contributed by atoms with Crippen molar-refractivity contribution in [2.75, 3.05) is 0 Å². The lowest BCUT2D eigenvalue weighted by Gasteiger charge is -2.02. The summed E-state index contributed by atoms with van der Waals surface area (Å²) >= 11 is 7.79. The molecule has 21 heavy (non-hydrogen) atoms. The van der Waals surface area contributed by atoms with E-state index in [9.17, 15) is 4.39 Å². The zero-order valence-corrected chi connectivity index (χ0v) is 12.2. The summed E-state index contributed by atoms with van der Waals surface area (Å²) in [5.74, 6) is 0.193. The summed E-state index contributed by atoms with van der Waals surface area (Å²) in [5.41, 5.74) is 0.516. The molecule has 0 N–H and O–H groups in total. The van der Waals surface area contributed by atoms with Crippen LogP contribution in [0.15, 0.2) is 48.5 Å². The minimum absolute atomic E-state index is 0.334. The third kappa shape index (κ3) is 2.17. The number of rotatable bonds is 1.